The molecule has 0 aromatic heterocycles. The van der Waals surface area contributed by atoms with Crippen LogP contribution >= 0.6 is 11.8 Å². The molecule has 0 saturated heterocycles. The first-order chi connectivity index (χ1) is 6.20. The Labute approximate surface area is 85.7 Å². The van der Waals surface area contributed by atoms with E-state index in [0.717, 1.165) is 18.6 Å². The zero-order valence-corrected chi connectivity index (χ0v) is 9.53. The molecule has 0 bridgehead atoms. The number of Topliss-reactive ketones (excluding diaryl/α,β-unsaturated/α-hetero) is 1. The van der Waals surface area contributed by atoms with E-state index in [-0.39, 0.29) is 0 Å². The fraction of sp³-hybridized carbons (Fsp3) is 0.909. The summed E-state index contributed by atoms with van der Waals surface area (Å²) < 4.78 is 0. The predicted molar refractivity (Wildman–Crippen MR) is 59.2 cm³/mol. The average molecular weight is 200 g/mol. The Kier molecular flexibility index (Phi) is 4.86. The third kappa shape index (κ3) is 4.17. The topological polar surface area (TPSA) is 17.1 Å². The Morgan fingerprint density at radius 2 is 1.92 bits per heavy atom. The molecule has 1 nitrogen and oxygen atoms in total. The molecule has 13 heavy (non-hydrogen) atoms. The lowest BCUT2D eigenvalue weighted by atomic mass is 9.87. The number of ketones is 1. The summed E-state index contributed by atoms with van der Waals surface area (Å²) in [6.45, 7) is 4.30. The lowest BCUT2D eigenvalue weighted by molar-refractivity contribution is -0.121. The van der Waals surface area contributed by atoms with E-state index >= 15 is 0 Å². The van der Waals surface area contributed by atoms with Crippen LogP contribution in [0, 0.1) is 5.92 Å². The van der Waals surface area contributed by atoms with Crippen molar-refractivity contribution in [2.24, 2.45) is 5.92 Å². The first kappa shape index (κ1) is 11.1. The predicted octanol–water partition coefficient (Wildman–Crippen LogP) is 3.28. The highest BCUT2D eigenvalue weighted by molar-refractivity contribution is 8.00. The van der Waals surface area contributed by atoms with Crippen LogP contribution in [0.3, 0.4) is 0 Å². The number of carbonyl (C=O) groups is 1. The maximum Gasteiger partial charge on any atom is 0.145 e. The van der Waals surface area contributed by atoms with E-state index in [1.807, 2.05) is 0 Å². The van der Waals surface area contributed by atoms with Crippen molar-refractivity contribution < 1.29 is 4.79 Å². The fourth-order valence-electron chi connectivity index (χ4n) is 1.79. The zero-order valence-electron chi connectivity index (χ0n) is 8.71. The molecule has 1 aliphatic rings. The van der Waals surface area contributed by atoms with Crippen molar-refractivity contribution in [3.63, 3.8) is 0 Å². The highest BCUT2D eigenvalue weighted by Gasteiger charge is 2.20. The summed E-state index contributed by atoms with van der Waals surface area (Å²) in [5, 5.41) is 0.590. The summed E-state index contributed by atoms with van der Waals surface area (Å²) in [6, 6.07) is 0. The van der Waals surface area contributed by atoms with Crippen molar-refractivity contribution >= 4 is 17.5 Å². The monoisotopic (exact) mass is 200 g/mol. The third-order valence-electron chi connectivity index (χ3n) is 2.62. The van der Waals surface area contributed by atoms with E-state index < -0.39 is 0 Å². The first-order valence-electron chi connectivity index (χ1n) is 5.34. The Hall–Kier alpha value is 0.0200. The van der Waals surface area contributed by atoms with Crippen LogP contribution in [0.4, 0.5) is 0 Å². The lowest BCUT2D eigenvalue weighted by Gasteiger charge is -2.20. The van der Waals surface area contributed by atoms with Gasteiger partial charge in [0.15, 0.2) is 0 Å². The summed E-state index contributed by atoms with van der Waals surface area (Å²) in [5.74, 6) is 1.64. The summed E-state index contributed by atoms with van der Waals surface area (Å²) >= 11 is 1.78. The van der Waals surface area contributed by atoms with Gasteiger partial charge < -0.3 is 0 Å². The van der Waals surface area contributed by atoms with Crippen LogP contribution in [0.15, 0.2) is 0 Å². The fourth-order valence-corrected chi connectivity index (χ4v) is 2.52. The first-order valence-corrected chi connectivity index (χ1v) is 6.39. The van der Waals surface area contributed by atoms with Gasteiger partial charge in [-0.1, -0.05) is 33.1 Å². The van der Waals surface area contributed by atoms with Crippen LogP contribution < -0.4 is 0 Å². The molecule has 0 heterocycles. The van der Waals surface area contributed by atoms with E-state index in [9.17, 15) is 4.79 Å². The Morgan fingerprint density at radius 3 is 2.46 bits per heavy atom. The van der Waals surface area contributed by atoms with Crippen LogP contribution in [0.25, 0.3) is 0 Å². The number of carbonyl (C=O) groups excluding carboxylic acids is 1. The molecular weight excluding hydrogens is 180 g/mol. The second-order valence-electron chi connectivity index (χ2n) is 4.16. The summed E-state index contributed by atoms with van der Waals surface area (Å²) in [6.07, 6.45) is 6.17. The van der Waals surface area contributed by atoms with Crippen molar-refractivity contribution in [1.29, 1.82) is 0 Å². The van der Waals surface area contributed by atoms with E-state index in [1.165, 1.54) is 19.3 Å². The number of hydrogen-bond donors (Lipinski definition) is 0. The molecule has 1 aliphatic carbocycles. The second kappa shape index (κ2) is 5.69. The van der Waals surface area contributed by atoms with E-state index in [1.54, 1.807) is 11.8 Å². The van der Waals surface area contributed by atoms with Crippen LogP contribution in [0.1, 0.15) is 46.0 Å². The average Bonchev–Trinajstić information content (AvgIpc) is 2.15. The van der Waals surface area contributed by atoms with E-state index in [0.29, 0.717) is 17.0 Å². The standard InChI is InChI=1S/C11H20OS/c1-9(2)13-8-11(12)10-6-4-3-5-7-10/h9-10H,3-8H2,1-2H3. The highest BCUT2D eigenvalue weighted by atomic mass is 32.2. The molecule has 0 unspecified atom stereocenters. The van der Waals surface area contributed by atoms with Gasteiger partial charge in [-0.15, -0.1) is 0 Å². The molecule has 1 saturated carbocycles. The maximum atomic E-state index is 11.7. The molecule has 1 rings (SSSR count). The summed E-state index contributed by atoms with van der Waals surface area (Å²) in [5.41, 5.74) is 0. The molecule has 2 heteroatoms. The van der Waals surface area contributed by atoms with Crippen molar-refractivity contribution in [3.8, 4) is 0 Å². The third-order valence-corrected chi connectivity index (χ3v) is 3.74. The molecule has 1 fully saturated rings. The second-order valence-corrected chi connectivity index (χ2v) is 5.73. The van der Waals surface area contributed by atoms with Gasteiger partial charge in [0.2, 0.25) is 0 Å². The van der Waals surface area contributed by atoms with Gasteiger partial charge in [0.1, 0.15) is 5.78 Å². The Morgan fingerprint density at radius 1 is 1.31 bits per heavy atom. The number of rotatable bonds is 4. The molecule has 0 spiro atoms. The molecule has 0 aromatic rings. The van der Waals surface area contributed by atoms with Crippen molar-refractivity contribution in [2.45, 2.75) is 51.2 Å². The molecule has 0 amide bonds. The van der Waals surface area contributed by atoms with Gasteiger partial charge in [-0.05, 0) is 18.1 Å². The molecule has 0 N–H and O–H groups in total. The normalized spacial score (nSPS) is 19.3. The van der Waals surface area contributed by atoms with Crippen LogP contribution in [0.2, 0.25) is 0 Å². The zero-order chi connectivity index (χ0) is 9.68. The molecule has 0 aliphatic heterocycles. The minimum Gasteiger partial charge on any atom is -0.298 e. The Bertz CT molecular complexity index is 159. The molecule has 0 atom stereocenters. The lowest BCUT2D eigenvalue weighted by Crippen LogP contribution is -2.20. The van der Waals surface area contributed by atoms with Crippen LogP contribution in [0.5, 0.6) is 0 Å². The van der Waals surface area contributed by atoms with Crippen LogP contribution in [-0.2, 0) is 4.79 Å². The highest BCUT2D eigenvalue weighted by Crippen LogP contribution is 2.25. The van der Waals surface area contributed by atoms with E-state index in [2.05, 4.69) is 13.8 Å². The van der Waals surface area contributed by atoms with Gasteiger partial charge in [-0.25, -0.2) is 0 Å². The number of hydrogen-bond acceptors (Lipinski definition) is 2. The van der Waals surface area contributed by atoms with Gasteiger partial charge in [-0.2, -0.15) is 11.8 Å². The number of thioether (sulfide) groups is 1. The quantitative estimate of drug-likeness (QED) is 0.693. The van der Waals surface area contributed by atoms with Gasteiger partial charge in [0.05, 0.1) is 5.75 Å². The summed E-state index contributed by atoms with van der Waals surface area (Å²) in [4.78, 5) is 11.7. The Balaban J connectivity index is 2.21. The molecule has 0 aromatic carbocycles. The molecule has 76 valence electrons. The van der Waals surface area contributed by atoms with Crippen molar-refractivity contribution in [3.05, 3.63) is 0 Å². The SMILES string of the molecule is CC(C)SCC(=O)C1CCCCC1. The maximum absolute atomic E-state index is 11.7. The minimum atomic E-state index is 0.403. The van der Waals surface area contributed by atoms with Gasteiger partial charge in [0, 0.05) is 5.92 Å². The van der Waals surface area contributed by atoms with Gasteiger partial charge in [-0.3, -0.25) is 4.79 Å². The van der Waals surface area contributed by atoms with Crippen molar-refractivity contribution in [2.75, 3.05) is 5.75 Å². The smallest absolute Gasteiger partial charge is 0.145 e. The van der Waals surface area contributed by atoms with Crippen molar-refractivity contribution in [1.82, 2.24) is 0 Å². The minimum absolute atomic E-state index is 0.403. The van der Waals surface area contributed by atoms with Crippen LogP contribution in [-0.4, -0.2) is 16.8 Å². The van der Waals surface area contributed by atoms with E-state index in [4.69, 9.17) is 0 Å². The molecule has 0 radical (unpaired) electrons. The largest absolute Gasteiger partial charge is 0.298 e. The summed E-state index contributed by atoms with van der Waals surface area (Å²) in [7, 11) is 0. The van der Waals surface area contributed by atoms with Gasteiger partial charge in [0.25, 0.3) is 0 Å². The molecular formula is C11H20OS. The van der Waals surface area contributed by atoms with Gasteiger partial charge >= 0.3 is 0 Å².